The zero-order valence-corrected chi connectivity index (χ0v) is 14.2. The quantitative estimate of drug-likeness (QED) is 0.533. The van der Waals surface area contributed by atoms with Crippen molar-refractivity contribution in [2.75, 3.05) is 11.9 Å². The molecule has 8 nitrogen and oxygen atoms in total. The number of amides is 1. The topological polar surface area (TPSA) is 117 Å². The number of H-pyrrole nitrogens is 1. The van der Waals surface area contributed by atoms with Crippen LogP contribution < -0.4 is 5.32 Å². The second kappa shape index (κ2) is 8.69. The standard InChI is InChI=1S/C9H10N4O2S.C7H6O2/c1-2-15-9(14)13-8-11-6-3-5(16)4-10-7(6)12-8;8-7(9)6-4-2-1-3-5-6/h3-4,16H,2H2,1H3,(H2,10,11,12,13,14);1-5H,(H,8,9). The van der Waals surface area contributed by atoms with E-state index >= 15 is 0 Å². The van der Waals surface area contributed by atoms with Crippen LogP contribution in [0.15, 0.2) is 47.5 Å². The molecule has 130 valence electrons. The number of pyridine rings is 1. The Morgan fingerprint density at radius 2 is 2.04 bits per heavy atom. The van der Waals surface area contributed by atoms with E-state index in [0.29, 0.717) is 29.3 Å². The first-order chi connectivity index (χ1) is 12.0. The molecule has 9 heteroatoms. The summed E-state index contributed by atoms with van der Waals surface area (Å²) in [5, 5.41) is 10.8. The molecule has 0 bridgehead atoms. The number of ether oxygens (including phenoxy) is 1. The highest BCUT2D eigenvalue weighted by Crippen LogP contribution is 2.15. The van der Waals surface area contributed by atoms with Gasteiger partial charge in [-0.25, -0.2) is 14.6 Å². The van der Waals surface area contributed by atoms with Gasteiger partial charge in [-0.2, -0.15) is 4.98 Å². The molecule has 1 aromatic carbocycles. The summed E-state index contributed by atoms with van der Waals surface area (Å²) in [5.41, 5.74) is 1.56. The number of carbonyl (C=O) groups is 2. The van der Waals surface area contributed by atoms with Crippen molar-refractivity contribution < 1.29 is 19.4 Å². The summed E-state index contributed by atoms with van der Waals surface area (Å²) in [7, 11) is 0. The van der Waals surface area contributed by atoms with E-state index in [0.717, 1.165) is 4.90 Å². The summed E-state index contributed by atoms with van der Waals surface area (Å²) in [6, 6.07) is 10.1. The number of hydrogen-bond donors (Lipinski definition) is 4. The number of thiol groups is 1. The maximum atomic E-state index is 11.1. The van der Waals surface area contributed by atoms with E-state index in [1.165, 1.54) is 0 Å². The number of nitrogens with zero attached hydrogens (tertiary/aromatic N) is 2. The van der Waals surface area contributed by atoms with E-state index in [4.69, 9.17) is 9.84 Å². The van der Waals surface area contributed by atoms with E-state index in [1.54, 1.807) is 49.5 Å². The van der Waals surface area contributed by atoms with Crippen LogP contribution in [0.3, 0.4) is 0 Å². The maximum absolute atomic E-state index is 11.1. The SMILES string of the molecule is CCOC(=O)Nc1nc2ncc(S)cc2[nH]1.O=C(O)c1ccccc1. The molecule has 0 saturated heterocycles. The molecular formula is C16H16N4O4S. The Morgan fingerprint density at radius 1 is 1.32 bits per heavy atom. The lowest BCUT2D eigenvalue weighted by molar-refractivity contribution is 0.0697. The van der Waals surface area contributed by atoms with Gasteiger partial charge < -0.3 is 14.8 Å². The highest BCUT2D eigenvalue weighted by molar-refractivity contribution is 7.80. The zero-order valence-electron chi connectivity index (χ0n) is 13.3. The lowest BCUT2D eigenvalue weighted by Crippen LogP contribution is -2.14. The van der Waals surface area contributed by atoms with Gasteiger partial charge in [-0.15, -0.1) is 12.6 Å². The van der Waals surface area contributed by atoms with Gasteiger partial charge in [0, 0.05) is 11.1 Å². The molecule has 0 fully saturated rings. The minimum absolute atomic E-state index is 0.305. The van der Waals surface area contributed by atoms with Gasteiger partial charge in [0.15, 0.2) is 5.65 Å². The van der Waals surface area contributed by atoms with Crippen molar-refractivity contribution in [2.45, 2.75) is 11.8 Å². The van der Waals surface area contributed by atoms with Crippen molar-refractivity contribution in [1.82, 2.24) is 15.0 Å². The van der Waals surface area contributed by atoms with Gasteiger partial charge in [0.1, 0.15) is 0 Å². The molecule has 0 atom stereocenters. The summed E-state index contributed by atoms with van der Waals surface area (Å²) >= 11 is 4.15. The lowest BCUT2D eigenvalue weighted by atomic mass is 10.2. The van der Waals surface area contributed by atoms with Gasteiger partial charge in [-0.1, -0.05) is 18.2 Å². The molecule has 0 aliphatic rings. The lowest BCUT2D eigenvalue weighted by Gasteiger charge is -2.00. The van der Waals surface area contributed by atoms with Crippen molar-refractivity contribution in [2.24, 2.45) is 0 Å². The van der Waals surface area contributed by atoms with Crippen LogP contribution in [0.4, 0.5) is 10.7 Å². The fraction of sp³-hybridized carbons (Fsp3) is 0.125. The average Bonchev–Trinajstić information content (AvgIpc) is 2.97. The number of imidazole rings is 1. The molecule has 2 aromatic heterocycles. The molecule has 0 spiro atoms. The number of benzene rings is 1. The van der Waals surface area contributed by atoms with Crippen LogP contribution in [0, 0.1) is 0 Å². The number of carboxylic acids is 1. The predicted molar refractivity (Wildman–Crippen MR) is 95.2 cm³/mol. The van der Waals surface area contributed by atoms with Crippen molar-refractivity contribution in [3.63, 3.8) is 0 Å². The third kappa shape index (κ3) is 5.50. The summed E-state index contributed by atoms with van der Waals surface area (Å²) in [4.78, 5) is 33.0. The molecule has 25 heavy (non-hydrogen) atoms. The van der Waals surface area contributed by atoms with Crippen molar-refractivity contribution in [1.29, 1.82) is 0 Å². The Morgan fingerprint density at radius 3 is 2.64 bits per heavy atom. The molecule has 0 aliphatic carbocycles. The maximum Gasteiger partial charge on any atom is 0.413 e. The number of hydrogen-bond acceptors (Lipinski definition) is 6. The summed E-state index contributed by atoms with van der Waals surface area (Å²) in [6.45, 7) is 2.04. The number of aromatic nitrogens is 3. The highest BCUT2D eigenvalue weighted by atomic mass is 32.1. The minimum Gasteiger partial charge on any atom is -0.478 e. The zero-order chi connectivity index (χ0) is 18.2. The Bertz CT molecular complexity index is 867. The van der Waals surface area contributed by atoms with E-state index in [2.05, 4.69) is 32.9 Å². The number of carbonyl (C=O) groups excluding carboxylic acids is 1. The van der Waals surface area contributed by atoms with Crippen molar-refractivity contribution >= 4 is 41.8 Å². The molecule has 3 aromatic rings. The number of rotatable bonds is 3. The van der Waals surface area contributed by atoms with Crippen LogP contribution in [0.25, 0.3) is 11.2 Å². The fourth-order valence-electron chi connectivity index (χ4n) is 1.79. The second-order valence-electron chi connectivity index (χ2n) is 4.67. The number of anilines is 1. The first-order valence-electron chi connectivity index (χ1n) is 7.26. The molecule has 0 saturated carbocycles. The van der Waals surface area contributed by atoms with Crippen molar-refractivity contribution in [3.05, 3.63) is 48.2 Å². The second-order valence-corrected chi connectivity index (χ2v) is 5.18. The highest BCUT2D eigenvalue weighted by Gasteiger charge is 2.07. The molecule has 3 N–H and O–H groups in total. The fourth-order valence-corrected chi connectivity index (χ4v) is 1.98. The number of fused-ring (bicyclic) bond motifs is 1. The molecule has 0 aliphatic heterocycles. The van der Waals surface area contributed by atoms with Gasteiger partial charge in [0.25, 0.3) is 0 Å². The molecule has 2 heterocycles. The van der Waals surface area contributed by atoms with E-state index < -0.39 is 12.1 Å². The first-order valence-corrected chi connectivity index (χ1v) is 7.71. The number of aromatic carboxylic acids is 1. The number of carboxylic acid groups (broad SMARTS) is 1. The monoisotopic (exact) mass is 360 g/mol. The normalized spacial score (nSPS) is 9.84. The minimum atomic E-state index is -0.879. The van der Waals surface area contributed by atoms with Gasteiger partial charge in [0.2, 0.25) is 5.95 Å². The Balaban J connectivity index is 0.000000212. The Kier molecular flexibility index (Phi) is 6.35. The van der Waals surface area contributed by atoms with Gasteiger partial charge >= 0.3 is 12.1 Å². The average molecular weight is 360 g/mol. The van der Waals surface area contributed by atoms with Crippen LogP contribution >= 0.6 is 12.6 Å². The van der Waals surface area contributed by atoms with E-state index in [1.807, 2.05) is 0 Å². The number of aromatic amines is 1. The van der Waals surface area contributed by atoms with Gasteiger partial charge in [0.05, 0.1) is 17.7 Å². The molecule has 0 unspecified atom stereocenters. The van der Waals surface area contributed by atoms with E-state index in [9.17, 15) is 9.59 Å². The molecule has 0 radical (unpaired) electrons. The largest absolute Gasteiger partial charge is 0.478 e. The van der Waals surface area contributed by atoms with Crippen molar-refractivity contribution in [3.8, 4) is 0 Å². The van der Waals surface area contributed by atoms with E-state index in [-0.39, 0.29) is 0 Å². The molecular weight excluding hydrogens is 344 g/mol. The van der Waals surface area contributed by atoms with Gasteiger partial charge in [-0.3, -0.25) is 5.32 Å². The van der Waals surface area contributed by atoms with Crippen LogP contribution in [-0.4, -0.2) is 38.7 Å². The Hall–Kier alpha value is -3.07. The Labute approximate surface area is 148 Å². The summed E-state index contributed by atoms with van der Waals surface area (Å²) in [6.07, 6.45) is 1.04. The van der Waals surface area contributed by atoms with Crippen LogP contribution in [-0.2, 0) is 4.74 Å². The molecule has 1 amide bonds. The smallest absolute Gasteiger partial charge is 0.413 e. The third-order valence-corrected chi connectivity index (χ3v) is 3.08. The predicted octanol–water partition coefficient (Wildman–Crippen LogP) is 3.20. The summed E-state index contributed by atoms with van der Waals surface area (Å²) < 4.78 is 4.72. The first kappa shape index (κ1) is 18.3. The third-order valence-electron chi connectivity index (χ3n) is 2.84. The van der Waals surface area contributed by atoms with Crippen LogP contribution in [0.5, 0.6) is 0 Å². The number of nitrogens with one attached hydrogen (secondary N) is 2. The molecule has 3 rings (SSSR count). The van der Waals surface area contributed by atoms with Crippen LogP contribution in [0.1, 0.15) is 17.3 Å². The van der Waals surface area contributed by atoms with Gasteiger partial charge in [-0.05, 0) is 25.1 Å². The summed E-state index contributed by atoms with van der Waals surface area (Å²) in [5.74, 6) is -0.574. The van der Waals surface area contributed by atoms with Crippen LogP contribution in [0.2, 0.25) is 0 Å².